The highest BCUT2D eigenvalue weighted by atomic mass is 35.5. The second-order valence-corrected chi connectivity index (χ2v) is 10.0. The van der Waals surface area contributed by atoms with E-state index in [9.17, 15) is 13.2 Å². The van der Waals surface area contributed by atoms with Crippen LogP contribution in [0.15, 0.2) is 71.6 Å². The van der Waals surface area contributed by atoms with Gasteiger partial charge in [0.1, 0.15) is 29.6 Å². The van der Waals surface area contributed by atoms with E-state index in [1.807, 2.05) is 0 Å². The predicted molar refractivity (Wildman–Crippen MR) is 135 cm³/mol. The van der Waals surface area contributed by atoms with Crippen LogP contribution in [0.25, 0.3) is 0 Å². The number of nitrogens with one attached hydrogen (secondary N) is 1. The number of amides is 1. The summed E-state index contributed by atoms with van der Waals surface area (Å²) in [6.45, 7) is 0.157. The number of hydrogen-bond acceptors (Lipinski definition) is 7. The Morgan fingerprint density at radius 2 is 1.75 bits per heavy atom. The maximum Gasteiger partial charge on any atom is 0.264 e. The summed E-state index contributed by atoms with van der Waals surface area (Å²) in [4.78, 5) is 12.9. The van der Waals surface area contributed by atoms with E-state index in [1.165, 1.54) is 25.3 Å². The molecule has 1 atom stereocenters. The van der Waals surface area contributed by atoms with Crippen molar-refractivity contribution in [2.45, 2.75) is 11.0 Å². The predicted octanol–water partition coefficient (Wildman–Crippen LogP) is 3.51. The molecule has 0 fully saturated rings. The Kier molecular flexibility index (Phi) is 7.76. The zero-order chi connectivity index (χ0) is 25.7. The van der Waals surface area contributed by atoms with E-state index in [4.69, 9.17) is 30.5 Å². The molecule has 4 rings (SSSR count). The van der Waals surface area contributed by atoms with E-state index in [-0.39, 0.29) is 36.0 Å². The lowest BCUT2D eigenvalue weighted by Crippen LogP contribution is -2.51. The largest absolute Gasteiger partial charge is 0.497 e. The number of carbonyl (C=O) groups excluding carboxylic acids is 1. The maximum absolute atomic E-state index is 13.5. The summed E-state index contributed by atoms with van der Waals surface area (Å²) in [7, 11) is -0.971. The third-order valence-electron chi connectivity index (χ3n) is 5.44. The van der Waals surface area contributed by atoms with E-state index in [0.29, 0.717) is 22.3 Å². The Hall–Kier alpha value is -3.63. The summed E-state index contributed by atoms with van der Waals surface area (Å²) in [6.07, 6.45) is -1.08. The molecule has 1 amide bonds. The minimum atomic E-state index is -4.03. The first kappa shape index (κ1) is 25.5. The molecular weight excluding hydrogens is 508 g/mol. The second kappa shape index (κ2) is 11.0. The quantitative estimate of drug-likeness (QED) is 0.421. The number of rotatable bonds is 9. The summed E-state index contributed by atoms with van der Waals surface area (Å²) >= 11 is 6.14. The third kappa shape index (κ3) is 5.60. The fourth-order valence-electron chi connectivity index (χ4n) is 3.61. The summed E-state index contributed by atoms with van der Waals surface area (Å²) < 4.78 is 49.9. The van der Waals surface area contributed by atoms with Gasteiger partial charge in [0.25, 0.3) is 15.9 Å². The summed E-state index contributed by atoms with van der Waals surface area (Å²) in [5, 5.41) is 3.07. The number of ether oxygens (including phenoxy) is 4. The molecule has 0 radical (unpaired) electrons. The fraction of sp³-hybridized carbons (Fsp3) is 0.240. The maximum atomic E-state index is 13.5. The topological polar surface area (TPSA) is 103 Å². The molecule has 0 aromatic heterocycles. The smallest absolute Gasteiger partial charge is 0.264 e. The van der Waals surface area contributed by atoms with Crippen molar-refractivity contribution < 1.29 is 32.2 Å². The molecule has 36 heavy (non-hydrogen) atoms. The molecule has 0 unspecified atom stereocenters. The van der Waals surface area contributed by atoms with E-state index in [2.05, 4.69) is 5.32 Å². The van der Waals surface area contributed by atoms with Crippen molar-refractivity contribution in [3.05, 3.63) is 71.8 Å². The van der Waals surface area contributed by atoms with Crippen LogP contribution in [-0.4, -0.2) is 54.3 Å². The molecule has 1 N–H and O–H groups in total. The first-order chi connectivity index (χ1) is 17.3. The van der Waals surface area contributed by atoms with Gasteiger partial charge in [0.05, 0.1) is 37.9 Å². The summed E-state index contributed by atoms with van der Waals surface area (Å²) in [5.41, 5.74) is 0.253. The molecule has 9 nitrogen and oxygen atoms in total. The standard InChI is InChI=1S/C25H25ClN2O7S/c1-32-18-7-9-21(10-8-18)36(30,31)28-16-24(35-23-11-6-17(26)14-22(23)28)25(29)27-12-13-34-20-5-3-4-19(15-20)33-2/h3-11,14-15,24H,12-13,16H2,1-2H3,(H,27,29)/t24-/m0/s1. The van der Waals surface area contributed by atoms with Crippen molar-refractivity contribution in [3.63, 3.8) is 0 Å². The highest BCUT2D eigenvalue weighted by molar-refractivity contribution is 7.92. The fourth-order valence-corrected chi connectivity index (χ4v) is 5.25. The van der Waals surface area contributed by atoms with Crippen molar-refractivity contribution >= 4 is 33.2 Å². The highest BCUT2D eigenvalue weighted by Gasteiger charge is 2.37. The molecular formula is C25H25ClN2O7S. The van der Waals surface area contributed by atoms with Gasteiger partial charge in [0.2, 0.25) is 0 Å². The number of fused-ring (bicyclic) bond motifs is 1. The van der Waals surface area contributed by atoms with Crippen LogP contribution in [0.2, 0.25) is 5.02 Å². The number of methoxy groups -OCH3 is 2. The molecule has 0 saturated heterocycles. The SMILES string of the molecule is COc1ccc(S(=O)(=O)N2C[C@@H](C(=O)NCCOc3cccc(OC)c3)Oc3ccc(Cl)cc32)cc1. The monoisotopic (exact) mass is 532 g/mol. The van der Waals surface area contributed by atoms with Crippen LogP contribution < -0.4 is 28.6 Å². The van der Waals surface area contributed by atoms with Crippen molar-refractivity contribution in [1.29, 1.82) is 0 Å². The van der Waals surface area contributed by atoms with Crippen LogP contribution in [0.3, 0.4) is 0 Å². The van der Waals surface area contributed by atoms with Gasteiger partial charge < -0.3 is 24.3 Å². The number of benzene rings is 3. The first-order valence-corrected chi connectivity index (χ1v) is 12.8. The normalized spacial score (nSPS) is 14.9. The third-order valence-corrected chi connectivity index (χ3v) is 7.47. The van der Waals surface area contributed by atoms with E-state index >= 15 is 0 Å². The van der Waals surface area contributed by atoms with Gasteiger partial charge in [-0.15, -0.1) is 0 Å². The van der Waals surface area contributed by atoms with Gasteiger partial charge in [-0.2, -0.15) is 0 Å². The second-order valence-electron chi connectivity index (χ2n) is 7.75. The Bertz CT molecular complexity index is 1330. The molecule has 0 spiro atoms. The number of sulfonamides is 1. The number of nitrogens with zero attached hydrogens (tertiary/aromatic N) is 1. The van der Waals surface area contributed by atoms with Crippen molar-refractivity contribution in [2.75, 3.05) is 38.2 Å². The molecule has 0 aliphatic carbocycles. The lowest BCUT2D eigenvalue weighted by molar-refractivity contribution is -0.127. The molecule has 0 bridgehead atoms. The number of halogens is 1. The van der Waals surface area contributed by atoms with Crippen LogP contribution in [0, 0.1) is 0 Å². The zero-order valence-electron chi connectivity index (χ0n) is 19.6. The minimum absolute atomic E-state index is 0.0435. The van der Waals surface area contributed by atoms with Gasteiger partial charge in [-0.05, 0) is 54.6 Å². The van der Waals surface area contributed by atoms with Gasteiger partial charge in [-0.1, -0.05) is 17.7 Å². The molecule has 190 valence electrons. The molecule has 1 aliphatic rings. The molecule has 3 aromatic carbocycles. The van der Waals surface area contributed by atoms with Crippen LogP contribution in [-0.2, 0) is 14.8 Å². The average molecular weight is 533 g/mol. The zero-order valence-corrected chi connectivity index (χ0v) is 21.2. The van der Waals surface area contributed by atoms with Crippen LogP contribution in [0.1, 0.15) is 0 Å². The van der Waals surface area contributed by atoms with Gasteiger partial charge in [0.15, 0.2) is 6.10 Å². The van der Waals surface area contributed by atoms with Crippen LogP contribution >= 0.6 is 11.6 Å². The molecule has 1 heterocycles. The first-order valence-electron chi connectivity index (χ1n) is 11.0. The van der Waals surface area contributed by atoms with Crippen LogP contribution in [0.4, 0.5) is 5.69 Å². The van der Waals surface area contributed by atoms with E-state index in [0.717, 1.165) is 4.31 Å². The van der Waals surface area contributed by atoms with E-state index < -0.39 is 22.0 Å². The lowest BCUT2D eigenvalue weighted by atomic mass is 10.2. The number of carbonyl (C=O) groups is 1. The van der Waals surface area contributed by atoms with Gasteiger partial charge in [-0.3, -0.25) is 9.10 Å². The summed E-state index contributed by atoms with van der Waals surface area (Å²) in [6, 6.07) is 17.7. The summed E-state index contributed by atoms with van der Waals surface area (Å²) in [5.74, 6) is 1.53. The van der Waals surface area contributed by atoms with Gasteiger partial charge in [0, 0.05) is 11.1 Å². The molecule has 11 heteroatoms. The van der Waals surface area contributed by atoms with Gasteiger partial charge >= 0.3 is 0 Å². The highest BCUT2D eigenvalue weighted by Crippen LogP contribution is 2.39. The average Bonchev–Trinajstić information content (AvgIpc) is 2.90. The molecule has 1 aliphatic heterocycles. The van der Waals surface area contributed by atoms with Gasteiger partial charge in [-0.25, -0.2) is 8.42 Å². The van der Waals surface area contributed by atoms with E-state index in [1.54, 1.807) is 55.6 Å². The molecule has 0 saturated carbocycles. The van der Waals surface area contributed by atoms with Crippen LogP contribution in [0.5, 0.6) is 23.0 Å². The number of hydrogen-bond donors (Lipinski definition) is 1. The Balaban J connectivity index is 1.48. The lowest BCUT2D eigenvalue weighted by Gasteiger charge is -2.34. The minimum Gasteiger partial charge on any atom is -0.497 e. The molecule has 3 aromatic rings. The Morgan fingerprint density at radius 3 is 2.47 bits per heavy atom. The van der Waals surface area contributed by atoms with Crippen molar-refractivity contribution in [2.24, 2.45) is 0 Å². The Labute approximate surface area is 214 Å². The Morgan fingerprint density at radius 1 is 1.03 bits per heavy atom. The van der Waals surface area contributed by atoms with Crippen molar-refractivity contribution in [3.8, 4) is 23.0 Å². The number of anilines is 1. The van der Waals surface area contributed by atoms with Crippen molar-refractivity contribution in [1.82, 2.24) is 5.32 Å².